The monoisotopic (exact) mass is 306 g/mol. The van der Waals surface area contributed by atoms with Gasteiger partial charge in [-0.3, -0.25) is 9.48 Å². The average molecular weight is 306 g/mol. The van der Waals surface area contributed by atoms with E-state index in [0.29, 0.717) is 12.5 Å². The summed E-state index contributed by atoms with van der Waals surface area (Å²) in [5.74, 6) is 1.25. The molecule has 1 aliphatic heterocycles. The summed E-state index contributed by atoms with van der Waals surface area (Å²) in [6, 6.07) is 0. The number of rotatable bonds is 5. The molecule has 1 aliphatic rings. The van der Waals surface area contributed by atoms with Crippen molar-refractivity contribution in [3.63, 3.8) is 0 Å². The van der Waals surface area contributed by atoms with Gasteiger partial charge < -0.3 is 15.5 Å². The molecule has 1 atom stereocenters. The lowest BCUT2D eigenvalue weighted by Gasteiger charge is -2.21. The van der Waals surface area contributed by atoms with Gasteiger partial charge in [0.05, 0.1) is 6.20 Å². The second-order valence-corrected chi connectivity index (χ2v) is 5.50. The molecule has 0 spiro atoms. The third-order valence-electron chi connectivity index (χ3n) is 3.77. The van der Waals surface area contributed by atoms with Crippen molar-refractivity contribution in [3.8, 4) is 0 Å². The first-order chi connectivity index (χ1) is 10.6. The maximum atomic E-state index is 11.6. The third-order valence-corrected chi connectivity index (χ3v) is 3.77. The lowest BCUT2D eigenvalue weighted by molar-refractivity contribution is -0.119. The highest BCUT2D eigenvalue weighted by Gasteiger charge is 2.26. The lowest BCUT2D eigenvalue weighted by atomic mass is 10.0. The van der Waals surface area contributed by atoms with Crippen molar-refractivity contribution in [3.05, 3.63) is 18.0 Å². The Hall–Kier alpha value is -2.05. The zero-order valence-electron chi connectivity index (χ0n) is 13.7. The van der Waals surface area contributed by atoms with Gasteiger partial charge in [-0.15, -0.1) is 0 Å². The predicted octanol–water partition coefficient (Wildman–Crippen LogP) is 0.311. The molecule has 122 valence electrons. The molecule has 1 amide bonds. The Labute approximate surface area is 131 Å². The quantitative estimate of drug-likeness (QED) is 0.606. The summed E-state index contributed by atoms with van der Waals surface area (Å²) < 4.78 is 1.84. The van der Waals surface area contributed by atoms with E-state index in [0.717, 1.165) is 32.0 Å². The van der Waals surface area contributed by atoms with Crippen molar-refractivity contribution >= 4 is 11.9 Å². The van der Waals surface area contributed by atoms with Gasteiger partial charge in [-0.1, -0.05) is 0 Å². The number of guanidine groups is 1. The summed E-state index contributed by atoms with van der Waals surface area (Å²) >= 11 is 0. The van der Waals surface area contributed by atoms with Gasteiger partial charge in [-0.05, 0) is 25.8 Å². The van der Waals surface area contributed by atoms with Crippen LogP contribution in [0.4, 0.5) is 0 Å². The van der Waals surface area contributed by atoms with E-state index in [1.807, 2.05) is 31.8 Å². The molecule has 0 aliphatic carbocycles. The predicted molar refractivity (Wildman–Crippen MR) is 86.8 cm³/mol. The largest absolute Gasteiger partial charge is 0.357 e. The van der Waals surface area contributed by atoms with Crippen molar-refractivity contribution in [2.75, 3.05) is 32.7 Å². The molecule has 1 aromatic rings. The molecule has 0 bridgehead atoms. The van der Waals surface area contributed by atoms with Crippen LogP contribution in [0.5, 0.6) is 0 Å². The first kappa shape index (κ1) is 16.3. The number of amides is 1. The molecule has 1 fully saturated rings. The highest BCUT2D eigenvalue weighted by molar-refractivity contribution is 5.85. The SMILES string of the molecule is CCNC(=O)CN=C(NCC)N1CCC(c2cnn(C)c2)C1. The van der Waals surface area contributed by atoms with E-state index in [9.17, 15) is 4.79 Å². The molecule has 2 heterocycles. The van der Waals surface area contributed by atoms with Gasteiger partial charge in [0.25, 0.3) is 0 Å². The molecule has 0 aromatic carbocycles. The van der Waals surface area contributed by atoms with Gasteiger partial charge >= 0.3 is 0 Å². The number of nitrogens with one attached hydrogen (secondary N) is 2. The summed E-state index contributed by atoms with van der Waals surface area (Å²) in [6.07, 6.45) is 5.09. The summed E-state index contributed by atoms with van der Waals surface area (Å²) in [6.45, 7) is 7.40. The van der Waals surface area contributed by atoms with Crippen LogP contribution in [-0.2, 0) is 11.8 Å². The zero-order chi connectivity index (χ0) is 15.9. The number of carbonyl (C=O) groups is 1. The Balaban J connectivity index is 1.97. The molecule has 2 N–H and O–H groups in total. The molecule has 1 saturated heterocycles. The van der Waals surface area contributed by atoms with Crippen LogP contribution < -0.4 is 10.6 Å². The van der Waals surface area contributed by atoms with Crippen molar-refractivity contribution in [2.24, 2.45) is 12.0 Å². The van der Waals surface area contributed by atoms with Crippen molar-refractivity contribution in [1.82, 2.24) is 25.3 Å². The number of aliphatic imine (C=N–C) groups is 1. The number of hydrogen-bond donors (Lipinski definition) is 2. The zero-order valence-corrected chi connectivity index (χ0v) is 13.7. The highest BCUT2D eigenvalue weighted by atomic mass is 16.1. The number of likely N-dealkylation sites (tertiary alicyclic amines) is 1. The topological polar surface area (TPSA) is 74.6 Å². The average Bonchev–Trinajstić information content (AvgIpc) is 3.12. The van der Waals surface area contributed by atoms with Gasteiger partial charge in [0.15, 0.2) is 5.96 Å². The van der Waals surface area contributed by atoms with Crippen LogP contribution in [0.25, 0.3) is 0 Å². The van der Waals surface area contributed by atoms with Gasteiger partial charge in [0.1, 0.15) is 6.54 Å². The summed E-state index contributed by atoms with van der Waals surface area (Å²) in [5, 5.41) is 10.3. The second-order valence-electron chi connectivity index (χ2n) is 5.50. The van der Waals surface area contributed by atoms with Crippen molar-refractivity contribution in [1.29, 1.82) is 0 Å². The molecule has 22 heavy (non-hydrogen) atoms. The van der Waals surface area contributed by atoms with E-state index in [1.54, 1.807) is 0 Å². The Bertz CT molecular complexity index is 524. The summed E-state index contributed by atoms with van der Waals surface area (Å²) in [7, 11) is 1.94. The second kappa shape index (κ2) is 7.82. The van der Waals surface area contributed by atoms with Crippen LogP contribution in [0.3, 0.4) is 0 Å². The summed E-state index contributed by atoms with van der Waals surface area (Å²) in [5.41, 5.74) is 1.27. The van der Waals surface area contributed by atoms with Gasteiger partial charge in [-0.25, -0.2) is 4.99 Å². The molecule has 0 saturated carbocycles. The smallest absolute Gasteiger partial charge is 0.241 e. The molecule has 0 radical (unpaired) electrons. The van der Waals surface area contributed by atoms with Crippen molar-refractivity contribution < 1.29 is 4.79 Å². The Morgan fingerprint density at radius 3 is 2.82 bits per heavy atom. The van der Waals surface area contributed by atoms with E-state index in [-0.39, 0.29) is 12.5 Å². The Morgan fingerprint density at radius 1 is 1.41 bits per heavy atom. The van der Waals surface area contributed by atoms with E-state index in [1.165, 1.54) is 5.56 Å². The van der Waals surface area contributed by atoms with Crippen LogP contribution >= 0.6 is 0 Å². The lowest BCUT2D eigenvalue weighted by Crippen LogP contribution is -2.40. The molecule has 7 heteroatoms. The Kier molecular flexibility index (Phi) is 5.80. The van der Waals surface area contributed by atoms with Gasteiger partial charge in [-0.2, -0.15) is 5.10 Å². The normalized spacial score (nSPS) is 18.6. The minimum Gasteiger partial charge on any atom is -0.357 e. The Morgan fingerprint density at radius 2 is 2.18 bits per heavy atom. The highest BCUT2D eigenvalue weighted by Crippen LogP contribution is 2.26. The fraction of sp³-hybridized carbons (Fsp3) is 0.667. The number of carbonyl (C=O) groups excluding carboxylic acids is 1. The van der Waals surface area contributed by atoms with Gasteiger partial charge in [0.2, 0.25) is 5.91 Å². The third kappa shape index (κ3) is 4.22. The fourth-order valence-electron chi connectivity index (χ4n) is 2.70. The standard InChI is InChI=1S/C15H26N6O/c1-4-16-14(22)9-18-15(17-5-2)21-7-6-12(11-21)13-8-19-20(3)10-13/h8,10,12H,4-7,9,11H2,1-3H3,(H,16,22)(H,17,18). The molecule has 1 aromatic heterocycles. The minimum absolute atomic E-state index is 0.0408. The van der Waals surface area contributed by atoms with Crippen LogP contribution in [0.2, 0.25) is 0 Å². The molecular weight excluding hydrogens is 280 g/mol. The molecule has 2 rings (SSSR count). The first-order valence-electron chi connectivity index (χ1n) is 7.92. The first-order valence-corrected chi connectivity index (χ1v) is 7.92. The molecular formula is C15H26N6O. The fourth-order valence-corrected chi connectivity index (χ4v) is 2.70. The maximum absolute atomic E-state index is 11.6. The van der Waals surface area contributed by atoms with Crippen molar-refractivity contribution in [2.45, 2.75) is 26.2 Å². The maximum Gasteiger partial charge on any atom is 0.241 e. The number of aromatic nitrogens is 2. The van der Waals surface area contributed by atoms with E-state index in [4.69, 9.17) is 0 Å². The number of likely N-dealkylation sites (N-methyl/N-ethyl adjacent to an activating group) is 1. The number of nitrogens with zero attached hydrogens (tertiary/aromatic N) is 4. The summed E-state index contributed by atoms with van der Waals surface area (Å²) in [4.78, 5) is 18.2. The molecule has 1 unspecified atom stereocenters. The van der Waals surface area contributed by atoms with Gasteiger partial charge in [0, 0.05) is 45.3 Å². The molecule has 7 nitrogen and oxygen atoms in total. The minimum atomic E-state index is -0.0408. The van der Waals surface area contributed by atoms with Crippen LogP contribution in [-0.4, -0.2) is 59.3 Å². The van der Waals surface area contributed by atoms with Crippen LogP contribution in [0, 0.1) is 0 Å². The van der Waals surface area contributed by atoms with E-state index in [2.05, 4.69) is 31.8 Å². The van der Waals surface area contributed by atoms with E-state index < -0.39 is 0 Å². The number of aryl methyl sites for hydroxylation is 1. The van der Waals surface area contributed by atoms with Crippen LogP contribution in [0.15, 0.2) is 17.4 Å². The number of hydrogen-bond acceptors (Lipinski definition) is 3. The van der Waals surface area contributed by atoms with Crippen LogP contribution in [0.1, 0.15) is 31.7 Å². The van der Waals surface area contributed by atoms with E-state index >= 15 is 0 Å².